The normalized spacial score (nSPS) is 13.1. The van der Waals surface area contributed by atoms with Crippen LogP contribution in [-0.2, 0) is 0 Å². The van der Waals surface area contributed by atoms with Crippen LogP contribution in [-0.4, -0.2) is 0 Å². The van der Waals surface area contributed by atoms with Gasteiger partial charge in [0.1, 0.15) is 0 Å². The van der Waals surface area contributed by atoms with Crippen molar-refractivity contribution in [1.82, 2.24) is 0 Å². The van der Waals surface area contributed by atoms with Gasteiger partial charge in [0.05, 0.1) is 0 Å². The molecule has 1 heteroatoms. The molecule has 2 N–H and O–H groups in total. The van der Waals surface area contributed by atoms with Crippen molar-refractivity contribution >= 4 is 10.8 Å². The van der Waals surface area contributed by atoms with Crippen LogP contribution in [0.4, 0.5) is 0 Å². The van der Waals surface area contributed by atoms with Gasteiger partial charge in [0.25, 0.3) is 0 Å². The third-order valence-corrected chi connectivity index (χ3v) is 2.62. The van der Waals surface area contributed by atoms with Crippen LogP contribution in [0, 0.1) is 6.92 Å². The van der Waals surface area contributed by atoms with Crippen molar-refractivity contribution in [2.75, 3.05) is 0 Å². The summed E-state index contributed by atoms with van der Waals surface area (Å²) in [6.45, 7) is 4.15. The lowest BCUT2D eigenvalue weighted by Gasteiger charge is -2.09. The van der Waals surface area contributed by atoms with Crippen molar-refractivity contribution in [1.29, 1.82) is 0 Å². The Hall–Kier alpha value is -1.34. The summed E-state index contributed by atoms with van der Waals surface area (Å²) in [4.78, 5) is 0. The average Bonchev–Trinajstić information content (AvgIpc) is 2.17. The molecule has 0 fully saturated rings. The maximum atomic E-state index is 5.87. The molecule has 2 rings (SSSR count). The number of rotatable bonds is 1. The van der Waals surface area contributed by atoms with Gasteiger partial charge in [-0.3, -0.25) is 0 Å². The molecule has 1 nitrogen and oxygen atoms in total. The summed E-state index contributed by atoms with van der Waals surface area (Å²) in [5.41, 5.74) is 8.38. The standard InChI is InChI=1S/C13H15N/c1-9-7-12(10(2)14)8-11-5-3-4-6-13(9)11/h3-8,10H,14H2,1-2H3. The maximum absolute atomic E-state index is 5.87. The predicted molar refractivity (Wildman–Crippen MR) is 61.3 cm³/mol. The second-order valence-corrected chi connectivity index (χ2v) is 3.85. The Morgan fingerprint density at radius 1 is 1.14 bits per heavy atom. The lowest BCUT2D eigenvalue weighted by molar-refractivity contribution is 0.819. The first-order valence-corrected chi connectivity index (χ1v) is 4.93. The molecule has 0 aromatic heterocycles. The van der Waals surface area contributed by atoms with Gasteiger partial charge in [-0.15, -0.1) is 0 Å². The minimum Gasteiger partial charge on any atom is -0.324 e. The fourth-order valence-electron chi connectivity index (χ4n) is 1.79. The van der Waals surface area contributed by atoms with Gasteiger partial charge in [-0.25, -0.2) is 0 Å². The van der Waals surface area contributed by atoms with Gasteiger partial charge < -0.3 is 5.73 Å². The quantitative estimate of drug-likeness (QED) is 0.725. The van der Waals surface area contributed by atoms with Crippen LogP contribution in [0.15, 0.2) is 36.4 Å². The minimum atomic E-state index is 0.110. The highest BCUT2D eigenvalue weighted by Gasteiger charge is 2.03. The van der Waals surface area contributed by atoms with Gasteiger partial charge in [0, 0.05) is 6.04 Å². The van der Waals surface area contributed by atoms with E-state index in [0.29, 0.717) is 0 Å². The van der Waals surface area contributed by atoms with Crippen LogP contribution in [0.3, 0.4) is 0 Å². The molecular weight excluding hydrogens is 170 g/mol. The monoisotopic (exact) mass is 185 g/mol. The molecule has 1 unspecified atom stereocenters. The highest BCUT2D eigenvalue weighted by atomic mass is 14.6. The fourth-order valence-corrected chi connectivity index (χ4v) is 1.79. The van der Waals surface area contributed by atoms with Crippen molar-refractivity contribution in [3.63, 3.8) is 0 Å². The van der Waals surface area contributed by atoms with E-state index in [9.17, 15) is 0 Å². The van der Waals surface area contributed by atoms with Gasteiger partial charge in [-0.05, 0) is 41.8 Å². The summed E-state index contributed by atoms with van der Waals surface area (Å²) < 4.78 is 0. The van der Waals surface area contributed by atoms with Crippen molar-refractivity contribution < 1.29 is 0 Å². The Balaban J connectivity index is 2.72. The molecule has 72 valence electrons. The lowest BCUT2D eigenvalue weighted by atomic mass is 9.99. The molecule has 1 atom stereocenters. The topological polar surface area (TPSA) is 26.0 Å². The van der Waals surface area contributed by atoms with E-state index >= 15 is 0 Å². The van der Waals surface area contributed by atoms with E-state index in [2.05, 4.69) is 43.3 Å². The zero-order chi connectivity index (χ0) is 10.1. The number of hydrogen-bond donors (Lipinski definition) is 1. The van der Waals surface area contributed by atoms with E-state index in [-0.39, 0.29) is 6.04 Å². The molecule has 0 aliphatic carbocycles. The first kappa shape index (κ1) is 9.22. The number of benzene rings is 2. The lowest BCUT2D eigenvalue weighted by Crippen LogP contribution is -2.05. The Bertz CT molecular complexity index is 458. The van der Waals surface area contributed by atoms with Crippen molar-refractivity contribution in [3.05, 3.63) is 47.5 Å². The fraction of sp³-hybridized carbons (Fsp3) is 0.231. The molecule has 2 aromatic rings. The van der Waals surface area contributed by atoms with Crippen molar-refractivity contribution in [3.8, 4) is 0 Å². The van der Waals surface area contributed by atoms with Crippen molar-refractivity contribution in [2.24, 2.45) is 5.73 Å². The Morgan fingerprint density at radius 3 is 2.57 bits per heavy atom. The van der Waals surface area contributed by atoms with E-state index in [1.807, 2.05) is 6.92 Å². The van der Waals surface area contributed by atoms with Crippen molar-refractivity contribution in [2.45, 2.75) is 19.9 Å². The summed E-state index contributed by atoms with van der Waals surface area (Å²) in [5, 5.41) is 2.59. The second-order valence-electron chi connectivity index (χ2n) is 3.85. The number of hydrogen-bond acceptors (Lipinski definition) is 1. The molecule has 0 heterocycles. The van der Waals surface area contributed by atoms with E-state index < -0.39 is 0 Å². The zero-order valence-electron chi connectivity index (χ0n) is 8.62. The summed E-state index contributed by atoms with van der Waals surface area (Å²) in [6, 6.07) is 12.9. The third kappa shape index (κ3) is 1.51. The van der Waals surface area contributed by atoms with Crippen LogP contribution in [0.1, 0.15) is 24.1 Å². The van der Waals surface area contributed by atoms with Gasteiger partial charge >= 0.3 is 0 Å². The average molecular weight is 185 g/mol. The van der Waals surface area contributed by atoms with Crippen LogP contribution in [0.25, 0.3) is 10.8 Å². The number of fused-ring (bicyclic) bond motifs is 1. The molecular formula is C13H15N. The van der Waals surface area contributed by atoms with E-state index in [4.69, 9.17) is 5.73 Å². The largest absolute Gasteiger partial charge is 0.324 e. The Kier molecular flexibility index (Phi) is 2.26. The smallest absolute Gasteiger partial charge is 0.0266 e. The summed E-state index contributed by atoms with van der Waals surface area (Å²) in [7, 11) is 0. The van der Waals surface area contributed by atoms with Gasteiger partial charge in [-0.2, -0.15) is 0 Å². The van der Waals surface area contributed by atoms with Gasteiger partial charge in [-0.1, -0.05) is 30.3 Å². The SMILES string of the molecule is Cc1cc(C(C)N)cc2ccccc12. The molecule has 0 aliphatic rings. The second kappa shape index (κ2) is 3.43. The Labute approximate surface area is 84.5 Å². The Morgan fingerprint density at radius 2 is 1.86 bits per heavy atom. The van der Waals surface area contributed by atoms with Crippen LogP contribution in [0.2, 0.25) is 0 Å². The van der Waals surface area contributed by atoms with E-state index in [1.165, 1.54) is 21.9 Å². The molecule has 0 amide bonds. The first-order chi connectivity index (χ1) is 6.68. The molecule has 0 radical (unpaired) electrons. The zero-order valence-corrected chi connectivity index (χ0v) is 8.62. The summed E-state index contributed by atoms with van der Waals surface area (Å²) in [6.07, 6.45) is 0. The molecule has 0 spiro atoms. The minimum absolute atomic E-state index is 0.110. The molecule has 0 saturated carbocycles. The molecule has 0 saturated heterocycles. The maximum Gasteiger partial charge on any atom is 0.0266 e. The van der Waals surface area contributed by atoms with E-state index in [1.54, 1.807) is 0 Å². The van der Waals surface area contributed by atoms with Crippen LogP contribution in [0.5, 0.6) is 0 Å². The van der Waals surface area contributed by atoms with Gasteiger partial charge in [0.2, 0.25) is 0 Å². The van der Waals surface area contributed by atoms with Crippen LogP contribution < -0.4 is 5.73 Å². The van der Waals surface area contributed by atoms with E-state index in [0.717, 1.165) is 0 Å². The molecule has 0 aliphatic heterocycles. The van der Waals surface area contributed by atoms with Crippen LogP contribution >= 0.6 is 0 Å². The highest BCUT2D eigenvalue weighted by Crippen LogP contribution is 2.22. The summed E-state index contributed by atoms with van der Waals surface area (Å²) >= 11 is 0. The molecule has 2 aromatic carbocycles. The van der Waals surface area contributed by atoms with Gasteiger partial charge in [0.15, 0.2) is 0 Å². The first-order valence-electron chi connectivity index (χ1n) is 4.93. The number of aryl methyl sites for hydroxylation is 1. The summed E-state index contributed by atoms with van der Waals surface area (Å²) in [5.74, 6) is 0. The highest BCUT2D eigenvalue weighted by molar-refractivity contribution is 5.86. The predicted octanol–water partition coefficient (Wildman–Crippen LogP) is 3.17. The molecule has 14 heavy (non-hydrogen) atoms. The third-order valence-electron chi connectivity index (χ3n) is 2.62. The molecule has 0 bridgehead atoms. The number of nitrogens with two attached hydrogens (primary N) is 1.